The van der Waals surface area contributed by atoms with Crippen LogP contribution in [0.1, 0.15) is 25.5 Å². The summed E-state index contributed by atoms with van der Waals surface area (Å²) in [5.74, 6) is 1.42. The number of pyridine rings is 1. The van der Waals surface area contributed by atoms with Crippen LogP contribution in [0.3, 0.4) is 0 Å². The van der Waals surface area contributed by atoms with Gasteiger partial charge in [0.25, 0.3) is 0 Å². The summed E-state index contributed by atoms with van der Waals surface area (Å²) in [6.07, 6.45) is 5.44. The van der Waals surface area contributed by atoms with Crippen molar-refractivity contribution in [2.75, 3.05) is 5.32 Å². The molecular formula is C20H20N6. The first-order valence-electron chi connectivity index (χ1n) is 8.65. The van der Waals surface area contributed by atoms with Gasteiger partial charge in [-0.3, -0.25) is 4.98 Å². The molecule has 0 saturated carbocycles. The van der Waals surface area contributed by atoms with Crippen molar-refractivity contribution < 1.29 is 0 Å². The third-order valence-electron chi connectivity index (χ3n) is 4.19. The SMILES string of the molecule is CC(C)n1cnc2c(NCc3cccnc3)nc(-c3ccccc3)nc21. The minimum Gasteiger partial charge on any atom is -0.364 e. The highest BCUT2D eigenvalue weighted by atomic mass is 15.2. The van der Waals surface area contributed by atoms with E-state index < -0.39 is 0 Å². The number of rotatable bonds is 5. The third kappa shape index (κ3) is 3.13. The fraction of sp³-hybridized carbons (Fsp3) is 0.200. The van der Waals surface area contributed by atoms with E-state index >= 15 is 0 Å². The molecule has 1 N–H and O–H groups in total. The maximum absolute atomic E-state index is 4.78. The Morgan fingerprint density at radius 2 is 1.88 bits per heavy atom. The average Bonchev–Trinajstić information content (AvgIpc) is 3.12. The summed E-state index contributed by atoms with van der Waals surface area (Å²) in [5.41, 5.74) is 3.68. The summed E-state index contributed by atoms with van der Waals surface area (Å²) < 4.78 is 2.07. The van der Waals surface area contributed by atoms with Crippen molar-refractivity contribution in [3.8, 4) is 11.4 Å². The second kappa shape index (κ2) is 6.92. The Labute approximate surface area is 152 Å². The van der Waals surface area contributed by atoms with Crippen LogP contribution in [-0.4, -0.2) is 24.5 Å². The first-order valence-corrected chi connectivity index (χ1v) is 8.65. The highest BCUT2D eigenvalue weighted by Crippen LogP contribution is 2.26. The largest absolute Gasteiger partial charge is 0.364 e. The minimum absolute atomic E-state index is 0.268. The van der Waals surface area contributed by atoms with Gasteiger partial charge < -0.3 is 9.88 Å². The molecule has 1 aromatic carbocycles. The zero-order valence-corrected chi connectivity index (χ0v) is 14.8. The lowest BCUT2D eigenvalue weighted by atomic mass is 10.2. The van der Waals surface area contributed by atoms with Crippen LogP contribution in [0.15, 0.2) is 61.2 Å². The second-order valence-electron chi connectivity index (χ2n) is 6.39. The molecule has 3 aromatic heterocycles. The van der Waals surface area contributed by atoms with Crippen LogP contribution in [0.5, 0.6) is 0 Å². The van der Waals surface area contributed by atoms with E-state index in [4.69, 9.17) is 9.97 Å². The predicted molar refractivity (Wildman–Crippen MR) is 103 cm³/mol. The number of fused-ring (bicyclic) bond motifs is 1. The van der Waals surface area contributed by atoms with Gasteiger partial charge in [0.1, 0.15) is 5.52 Å². The molecule has 0 aliphatic heterocycles. The molecule has 0 bridgehead atoms. The molecule has 4 rings (SSSR count). The lowest BCUT2D eigenvalue weighted by molar-refractivity contribution is 0.613. The number of nitrogens with zero attached hydrogens (tertiary/aromatic N) is 5. The van der Waals surface area contributed by atoms with Crippen molar-refractivity contribution in [3.63, 3.8) is 0 Å². The lowest BCUT2D eigenvalue weighted by Gasteiger charge is -2.11. The summed E-state index contributed by atoms with van der Waals surface area (Å²) in [7, 11) is 0. The van der Waals surface area contributed by atoms with Gasteiger partial charge in [-0.15, -0.1) is 0 Å². The van der Waals surface area contributed by atoms with E-state index in [1.54, 1.807) is 6.20 Å². The topological polar surface area (TPSA) is 68.5 Å². The summed E-state index contributed by atoms with van der Waals surface area (Å²) in [6, 6.07) is 14.2. The van der Waals surface area contributed by atoms with Crippen LogP contribution in [0, 0.1) is 0 Å². The van der Waals surface area contributed by atoms with Gasteiger partial charge in [0, 0.05) is 30.5 Å². The number of aromatic nitrogens is 5. The molecule has 0 saturated heterocycles. The zero-order chi connectivity index (χ0) is 17.9. The van der Waals surface area contributed by atoms with Gasteiger partial charge in [-0.1, -0.05) is 36.4 Å². The third-order valence-corrected chi connectivity index (χ3v) is 4.19. The first-order chi connectivity index (χ1) is 12.7. The van der Waals surface area contributed by atoms with E-state index in [9.17, 15) is 0 Å². The number of imidazole rings is 1. The molecule has 0 spiro atoms. The van der Waals surface area contributed by atoms with Crippen molar-refractivity contribution >= 4 is 17.0 Å². The molecule has 0 unspecified atom stereocenters. The van der Waals surface area contributed by atoms with Gasteiger partial charge in [0.05, 0.1) is 6.33 Å². The maximum atomic E-state index is 4.78. The van der Waals surface area contributed by atoms with Gasteiger partial charge in [-0.25, -0.2) is 15.0 Å². The normalized spacial score (nSPS) is 11.2. The molecule has 0 aliphatic carbocycles. The average molecular weight is 344 g/mol. The smallest absolute Gasteiger partial charge is 0.166 e. The van der Waals surface area contributed by atoms with E-state index in [0.29, 0.717) is 12.4 Å². The highest BCUT2D eigenvalue weighted by molar-refractivity contribution is 5.85. The van der Waals surface area contributed by atoms with Gasteiger partial charge >= 0.3 is 0 Å². The molecule has 130 valence electrons. The van der Waals surface area contributed by atoms with Crippen LogP contribution in [0.4, 0.5) is 5.82 Å². The van der Waals surface area contributed by atoms with E-state index in [1.165, 1.54) is 0 Å². The lowest BCUT2D eigenvalue weighted by Crippen LogP contribution is -2.06. The Hall–Kier alpha value is -3.28. The van der Waals surface area contributed by atoms with E-state index in [2.05, 4.69) is 33.7 Å². The van der Waals surface area contributed by atoms with E-state index in [0.717, 1.165) is 28.1 Å². The molecule has 4 aromatic rings. The summed E-state index contributed by atoms with van der Waals surface area (Å²) in [5, 5.41) is 3.40. The van der Waals surface area contributed by atoms with E-state index in [-0.39, 0.29) is 6.04 Å². The molecule has 3 heterocycles. The van der Waals surface area contributed by atoms with Crippen LogP contribution in [0.25, 0.3) is 22.6 Å². The predicted octanol–water partition coefficient (Wildman–Crippen LogP) is 4.08. The molecular weight excluding hydrogens is 324 g/mol. The fourth-order valence-electron chi connectivity index (χ4n) is 2.82. The summed E-state index contributed by atoms with van der Waals surface area (Å²) in [6.45, 7) is 4.87. The maximum Gasteiger partial charge on any atom is 0.166 e. The Balaban J connectivity index is 1.79. The second-order valence-corrected chi connectivity index (χ2v) is 6.39. The number of hydrogen-bond donors (Lipinski definition) is 1. The van der Waals surface area contributed by atoms with E-state index in [1.807, 2.05) is 55.0 Å². The quantitative estimate of drug-likeness (QED) is 0.591. The van der Waals surface area contributed by atoms with Gasteiger partial charge in [-0.2, -0.15) is 0 Å². The van der Waals surface area contributed by atoms with Crippen molar-refractivity contribution in [1.82, 2.24) is 24.5 Å². The van der Waals surface area contributed by atoms with Crippen molar-refractivity contribution in [3.05, 3.63) is 66.7 Å². The molecule has 6 heteroatoms. The Bertz CT molecular complexity index is 1010. The first kappa shape index (κ1) is 16.2. The highest BCUT2D eigenvalue weighted by Gasteiger charge is 2.15. The van der Waals surface area contributed by atoms with Crippen LogP contribution >= 0.6 is 0 Å². The Morgan fingerprint density at radius 3 is 2.62 bits per heavy atom. The monoisotopic (exact) mass is 344 g/mol. The standard InChI is InChI=1S/C20H20N6/c1-14(2)26-13-23-17-19(22-12-15-7-6-10-21-11-15)24-18(25-20(17)26)16-8-4-3-5-9-16/h3-11,13-14H,12H2,1-2H3,(H,22,24,25). The Morgan fingerprint density at radius 1 is 1.04 bits per heavy atom. The molecule has 0 radical (unpaired) electrons. The van der Waals surface area contributed by atoms with Gasteiger partial charge in [-0.05, 0) is 25.5 Å². The van der Waals surface area contributed by atoms with Crippen LogP contribution < -0.4 is 5.32 Å². The summed E-state index contributed by atoms with van der Waals surface area (Å²) in [4.78, 5) is 18.2. The number of nitrogens with one attached hydrogen (secondary N) is 1. The Kier molecular flexibility index (Phi) is 4.31. The molecule has 26 heavy (non-hydrogen) atoms. The number of hydrogen-bond acceptors (Lipinski definition) is 5. The minimum atomic E-state index is 0.268. The van der Waals surface area contributed by atoms with Crippen molar-refractivity contribution in [2.45, 2.75) is 26.4 Å². The number of anilines is 1. The van der Waals surface area contributed by atoms with Gasteiger partial charge in [0.2, 0.25) is 0 Å². The molecule has 0 atom stereocenters. The van der Waals surface area contributed by atoms with Gasteiger partial charge in [0.15, 0.2) is 17.3 Å². The molecule has 0 amide bonds. The zero-order valence-electron chi connectivity index (χ0n) is 14.8. The van der Waals surface area contributed by atoms with Crippen molar-refractivity contribution in [2.24, 2.45) is 0 Å². The molecule has 6 nitrogen and oxygen atoms in total. The summed E-state index contributed by atoms with van der Waals surface area (Å²) >= 11 is 0. The number of benzene rings is 1. The van der Waals surface area contributed by atoms with Crippen LogP contribution in [0.2, 0.25) is 0 Å². The molecule has 0 aliphatic rings. The molecule has 0 fully saturated rings. The van der Waals surface area contributed by atoms with Crippen molar-refractivity contribution in [1.29, 1.82) is 0 Å². The van der Waals surface area contributed by atoms with Crippen LogP contribution in [-0.2, 0) is 6.54 Å². The fourth-order valence-corrected chi connectivity index (χ4v) is 2.82.